The quantitative estimate of drug-likeness (QED) is 0.292. The zero-order valence-electron chi connectivity index (χ0n) is 22.0. The van der Waals surface area contributed by atoms with Crippen LogP contribution in [0.1, 0.15) is 121 Å². The van der Waals surface area contributed by atoms with Crippen LogP contribution in [-0.4, -0.2) is 5.60 Å². The molecule has 4 unspecified atom stereocenters. The molecule has 1 aromatic rings. The largest absolute Gasteiger partial charge is 0.487 e. The fraction of sp³-hybridized carbons (Fsp3) is 0.793. The lowest BCUT2D eigenvalue weighted by Gasteiger charge is -2.38. The Kier molecular flexibility index (Phi) is 10.4. The summed E-state index contributed by atoms with van der Waals surface area (Å²) in [6.45, 7) is 18.7. The first-order chi connectivity index (χ1) is 14.5. The third-order valence-corrected chi connectivity index (χ3v) is 8.83. The molecule has 178 valence electrons. The summed E-state index contributed by atoms with van der Waals surface area (Å²) in [5, 5.41) is 1.37. The van der Waals surface area contributed by atoms with Gasteiger partial charge in [0.1, 0.15) is 11.4 Å². The molecule has 0 aliphatic carbocycles. The van der Waals surface area contributed by atoms with Crippen LogP contribution in [0, 0.1) is 38.5 Å². The number of fused-ring (bicyclic) bond motifs is 1. The van der Waals surface area contributed by atoms with E-state index >= 15 is 0 Å². The van der Waals surface area contributed by atoms with E-state index in [1.807, 2.05) is 0 Å². The molecule has 0 saturated carbocycles. The highest BCUT2D eigenvalue weighted by atomic mass is 31.0. The van der Waals surface area contributed by atoms with E-state index in [9.17, 15) is 0 Å². The summed E-state index contributed by atoms with van der Waals surface area (Å²) in [5.41, 5.74) is 5.58. The lowest BCUT2D eigenvalue weighted by molar-refractivity contribution is 0.0514. The van der Waals surface area contributed by atoms with Gasteiger partial charge in [-0.1, -0.05) is 72.6 Å². The minimum Gasteiger partial charge on any atom is -0.487 e. The van der Waals surface area contributed by atoms with Crippen LogP contribution in [-0.2, 0) is 6.42 Å². The van der Waals surface area contributed by atoms with E-state index in [-0.39, 0.29) is 5.60 Å². The number of hydrogen-bond donors (Lipinski definition) is 0. The smallest absolute Gasteiger partial charge is 0.126 e. The Morgan fingerprint density at radius 2 is 1.35 bits per heavy atom. The molecular weight excluding hydrogens is 395 g/mol. The first-order valence-electron chi connectivity index (χ1n) is 13.1. The first-order valence-corrected chi connectivity index (χ1v) is 13.7. The number of hydrogen-bond acceptors (Lipinski definition) is 1. The minimum atomic E-state index is 0.00366. The summed E-state index contributed by atoms with van der Waals surface area (Å²) in [6.07, 6.45) is 14.5. The topological polar surface area (TPSA) is 9.23 Å². The van der Waals surface area contributed by atoms with Gasteiger partial charge in [-0.3, -0.25) is 0 Å². The van der Waals surface area contributed by atoms with Gasteiger partial charge in [-0.15, -0.1) is 9.24 Å². The third-order valence-electron chi connectivity index (χ3n) is 7.96. The monoisotopic (exact) mass is 446 g/mol. The molecule has 0 fully saturated rings. The fourth-order valence-electron chi connectivity index (χ4n) is 5.32. The van der Waals surface area contributed by atoms with Crippen molar-refractivity contribution in [3.8, 4) is 5.75 Å². The van der Waals surface area contributed by atoms with Crippen LogP contribution in [0.2, 0.25) is 0 Å². The summed E-state index contributed by atoms with van der Waals surface area (Å²) < 4.78 is 6.71. The molecule has 31 heavy (non-hydrogen) atoms. The molecule has 1 nitrogen and oxygen atoms in total. The Bertz CT molecular complexity index is 707. The fourth-order valence-corrected chi connectivity index (χ4v) is 5.71. The van der Waals surface area contributed by atoms with E-state index in [1.54, 1.807) is 0 Å². The van der Waals surface area contributed by atoms with Crippen LogP contribution in [0.4, 0.5) is 0 Å². The molecule has 2 heteroatoms. The van der Waals surface area contributed by atoms with Crippen LogP contribution in [0.25, 0.3) is 0 Å². The SMILES string of the molecule is Cc1c(C)c2c(c(C)c1P)CCC(C)(CCCC(C)CCCC(C)CCCC(C)C)O2. The number of rotatable bonds is 12. The molecule has 1 aromatic carbocycles. The highest BCUT2D eigenvalue weighted by Crippen LogP contribution is 2.41. The van der Waals surface area contributed by atoms with E-state index in [0.29, 0.717) is 0 Å². The van der Waals surface area contributed by atoms with Crippen molar-refractivity contribution in [2.24, 2.45) is 17.8 Å². The molecule has 0 spiro atoms. The Morgan fingerprint density at radius 1 is 0.806 bits per heavy atom. The third kappa shape index (κ3) is 7.77. The Hall–Kier alpha value is -0.550. The van der Waals surface area contributed by atoms with Crippen molar-refractivity contribution in [2.75, 3.05) is 0 Å². The molecule has 2 rings (SSSR count). The van der Waals surface area contributed by atoms with Crippen molar-refractivity contribution in [3.63, 3.8) is 0 Å². The maximum Gasteiger partial charge on any atom is 0.126 e. The normalized spacial score (nSPS) is 20.5. The van der Waals surface area contributed by atoms with Gasteiger partial charge in [0.15, 0.2) is 0 Å². The second-order valence-corrected chi connectivity index (χ2v) is 12.1. The molecule has 0 N–H and O–H groups in total. The summed E-state index contributed by atoms with van der Waals surface area (Å²) in [6, 6.07) is 0. The summed E-state index contributed by atoms with van der Waals surface area (Å²) in [5.74, 6) is 3.79. The summed E-state index contributed by atoms with van der Waals surface area (Å²) in [4.78, 5) is 0. The maximum absolute atomic E-state index is 6.71. The van der Waals surface area contributed by atoms with Crippen molar-refractivity contribution < 1.29 is 4.74 Å². The van der Waals surface area contributed by atoms with Crippen LogP contribution in [0.3, 0.4) is 0 Å². The Morgan fingerprint density at radius 3 is 1.94 bits per heavy atom. The van der Waals surface area contributed by atoms with E-state index < -0.39 is 0 Å². The zero-order valence-corrected chi connectivity index (χ0v) is 23.2. The van der Waals surface area contributed by atoms with Gasteiger partial charge < -0.3 is 4.74 Å². The molecule has 0 aromatic heterocycles. The highest BCUT2D eigenvalue weighted by molar-refractivity contribution is 7.27. The molecule has 0 amide bonds. The summed E-state index contributed by atoms with van der Waals surface area (Å²) >= 11 is 0. The zero-order chi connectivity index (χ0) is 23.2. The minimum absolute atomic E-state index is 0.00366. The van der Waals surface area contributed by atoms with Crippen LogP contribution >= 0.6 is 9.24 Å². The van der Waals surface area contributed by atoms with E-state index in [2.05, 4.69) is 64.6 Å². The van der Waals surface area contributed by atoms with Gasteiger partial charge in [0.05, 0.1) is 0 Å². The van der Waals surface area contributed by atoms with Gasteiger partial charge in [0.2, 0.25) is 0 Å². The van der Waals surface area contributed by atoms with Crippen LogP contribution < -0.4 is 10.0 Å². The predicted molar refractivity (Wildman–Crippen MR) is 142 cm³/mol. The lowest BCUT2D eigenvalue weighted by atomic mass is 9.84. The Balaban J connectivity index is 1.74. The Labute approximate surface area is 196 Å². The van der Waals surface area contributed by atoms with Gasteiger partial charge in [-0.05, 0) is 98.7 Å². The molecular formula is C29H51OP. The first kappa shape index (κ1) is 26.7. The van der Waals surface area contributed by atoms with Crippen molar-refractivity contribution in [1.29, 1.82) is 0 Å². The molecule has 0 radical (unpaired) electrons. The average Bonchev–Trinajstić information content (AvgIpc) is 2.70. The number of benzene rings is 1. The molecule has 1 aliphatic rings. The molecule has 1 heterocycles. The van der Waals surface area contributed by atoms with Crippen LogP contribution in [0.5, 0.6) is 5.75 Å². The van der Waals surface area contributed by atoms with Crippen LogP contribution in [0.15, 0.2) is 0 Å². The summed E-state index contributed by atoms with van der Waals surface area (Å²) in [7, 11) is 2.94. The van der Waals surface area contributed by atoms with Gasteiger partial charge in [-0.25, -0.2) is 0 Å². The molecule has 1 aliphatic heterocycles. The predicted octanol–water partition coefficient (Wildman–Crippen LogP) is 8.64. The highest BCUT2D eigenvalue weighted by Gasteiger charge is 2.33. The molecule has 0 saturated heterocycles. The maximum atomic E-state index is 6.71. The van der Waals surface area contributed by atoms with Crippen molar-refractivity contribution >= 4 is 14.5 Å². The van der Waals surface area contributed by atoms with Gasteiger partial charge in [0, 0.05) is 0 Å². The lowest BCUT2D eigenvalue weighted by Crippen LogP contribution is -2.37. The van der Waals surface area contributed by atoms with Gasteiger partial charge >= 0.3 is 0 Å². The van der Waals surface area contributed by atoms with E-state index in [1.165, 1.54) is 91.1 Å². The van der Waals surface area contributed by atoms with E-state index in [0.717, 1.165) is 30.6 Å². The second-order valence-electron chi connectivity index (χ2n) is 11.5. The molecule has 4 atom stereocenters. The standard InChI is InChI=1S/C29H51OP/c1-20(2)12-9-13-21(3)14-10-15-22(4)16-11-18-29(8)19-17-26-25(7)28(31)24(6)23(5)27(26)30-29/h20-22H,9-19,31H2,1-8H3. The van der Waals surface area contributed by atoms with E-state index in [4.69, 9.17) is 4.74 Å². The van der Waals surface area contributed by atoms with Crippen molar-refractivity contribution in [2.45, 2.75) is 132 Å². The van der Waals surface area contributed by atoms with Gasteiger partial charge in [-0.2, -0.15) is 0 Å². The average molecular weight is 447 g/mol. The van der Waals surface area contributed by atoms with Gasteiger partial charge in [0.25, 0.3) is 0 Å². The number of ether oxygens (including phenoxy) is 1. The second kappa shape index (κ2) is 12.1. The van der Waals surface area contributed by atoms with Crippen molar-refractivity contribution in [1.82, 2.24) is 0 Å². The molecule has 0 bridgehead atoms. The van der Waals surface area contributed by atoms with Crippen molar-refractivity contribution in [3.05, 3.63) is 22.3 Å².